The molecule has 0 aromatic heterocycles. The Morgan fingerprint density at radius 2 is 1.00 bits per heavy atom. The van der Waals surface area contributed by atoms with Crippen LogP contribution in [-0.4, -0.2) is 13.2 Å². The van der Waals surface area contributed by atoms with Crippen molar-refractivity contribution in [3.05, 3.63) is 60.7 Å². The Kier molecular flexibility index (Phi) is 5.48. The van der Waals surface area contributed by atoms with Gasteiger partial charge in [0.1, 0.15) is 0 Å². The van der Waals surface area contributed by atoms with Crippen LogP contribution < -0.4 is 5.14 Å². The zero-order valence-corrected chi connectivity index (χ0v) is 12.9. The smallest absolute Gasteiger partial charge is 0.214 e. The largest absolute Gasteiger partial charge is 0.228 e. The summed E-state index contributed by atoms with van der Waals surface area (Å²) in [6.45, 7) is 4.67. The number of hydrogen-bond acceptors (Lipinski definition) is 2. The fourth-order valence-electron chi connectivity index (χ4n) is 1.26. The van der Waals surface area contributed by atoms with Gasteiger partial charge in [0.25, 0.3) is 0 Å². The van der Waals surface area contributed by atoms with Crippen molar-refractivity contribution in [3.8, 4) is 11.1 Å². The molecule has 3 nitrogen and oxygen atoms in total. The van der Waals surface area contributed by atoms with E-state index in [4.69, 9.17) is 5.14 Å². The van der Waals surface area contributed by atoms with Gasteiger partial charge < -0.3 is 0 Å². The lowest BCUT2D eigenvalue weighted by Crippen LogP contribution is -2.34. The summed E-state index contributed by atoms with van der Waals surface area (Å²) in [5.74, 6) is 0. The van der Waals surface area contributed by atoms with E-state index in [9.17, 15) is 8.42 Å². The SMILES string of the molecule is CC(C)(C)S(N)(=O)=O.c1ccc(-c2ccccc2)cc1. The molecule has 0 radical (unpaired) electrons. The Labute approximate surface area is 121 Å². The maximum Gasteiger partial charge on any atom is 0.214 e. The quantitative estimate of drug-likeness (QED) is 0.875. The second kappa shape index (κ2) is 6.68. The molecule has 0 fully saturated rings. The first-order valence-corrected chi connectivity index (χ1v) is 7.89. The van der Waals surface area contributed by atoms with Crippen molar-refractivity contribution in [1.29, 1.82) is 0 Å². The van der Waals surface area contributed by atoms with E-state index in [1.54, 1.807) is 20.8 Å². The molecular formula is C16H21NO2S. The fourth-order valence-corrected chi connectivity index (χ4v) is 1.26. The van der Waals surface area contributed by atoms with E-state index in [2.05, 4.69) is 48.5 Å². The second-order valence-corrected chi connectivity index (χ2v) is 7.70. The van der Waals surface area contributed by atoms with Crippen LogP contribution in [0.4, 0.5) is 0 Å². The predicted octanol–water partition coefficient (Wildman–Crippen LogP) is 3.43. The van der Waals surface area contributed by atoms with Crippen molar-refractivity contribution in [2.75, 3.05) is 0 Å². The van der Waals surface area contributed by atoms with Gasteiger partial charge in [-0.05, 0) is 31.9 Å². The molecule has 0 bridgehead atoms. The normalized spacial score (nSPS) is 11.4. The van der Waals surface area contributed by atoms with E-state index in [1.807, 2.05) is 12.1 Å². The maximum absolute atomic E-state index is 10.4. The molecule has 108 valence electrons. The van der Waals surface area contributed by atoms with Crippen molar-refractivity contribution < 1.29 is 8.42 Å². The Balaban J connectivity index is 0.000000221. The number of nitrogens with two attached hydrogens (primary N) is 1. The molecule has 20 heavy (non-hydrogen) atoms. The minimum absolute atomic E-state index is 0.812. The van der Waals surface area contributed by atoms with E-state index in [1.165, 1.54) is 11.1 Å². The van der Waals surface area contributed by atoms with Crippen molar-refractivity contribution in [2.45, 2.75) is 25.5 Å². The van der Waals surface area contributed by atoms with Crippen LogP contribution in [0.3, 0.4) is 0 Å². The summed E-state index contributed by atoms with van der Waals surface area (Å²) < 4.78 is 20.0. The monoisotopic (exact) mass is 291 g/mol. The number of primary sulfonamides is 1. The van der Waals surface area contributed by atoms with Crippen LogP contribution in [0, 0.1) is 0 Å². The summed E-state index contributed by atoms with van der Waals surface area (Å²) in [6.07, 6.45) is 0. The fraction of sp³-hybridized carbons (Fsp3) is 0.250. The third-order valence-electron chi connectivity index (χ3n) is 2.73. The van der Waals surface area contributed by atoms with Gasteiger partial charge in [0.2, 0.25) is 10.0 Å². The highest BCUT2D eigenvalue weighted by molar-refractivity contribution is 7.90. The van der Waals surface area contributed by atoms with Crippen LogP contribution in [0.15, 0.2) is 60.7 Å². The molecule has 0 unspecified atom stereocenters. The summed E-state index contributed by atoms with van der Waals surface area (Å²) in [5.41, 5.74) is 2.55. The first-order chi connectivity index (χ1) is 9.22. The average molecular weight is 291 g/mol. The molecule has 4 heteroatoms. The van der Waals surface area contributed by atoms with Crippen molar-refractivity contribution in [3.63, 3.8) is 0 Å². The van der Waals surface area contributed by atoms with Gasteiger partial charge in [0.15, 0.2) is 0 Å². The highest BCUT2D eigenvalue weighted by atomic mass is 32.2. The van der Waals surface area contributed by atoms with Crippen molar-refractivity contribution in [1.82, 2.24) is 0 Å². The molecule has 0 spiro atoms. The second-order valence-electron chi connectivity index (χ2n) is 5.39. The third-order valence-corrected chi connectivity index (χ3v) is 4.44. The van der Waals surface area contributed by atoms with E-state index in [-0.39, 0.29) is 0 Å². The lowest BCUT2D eigenvalue weighted by molar-refractivity contribution is 0.562. The summed E-state index contributed by atoms with van der Waals surface area (Å²) in [6, 6.07) is 20.8. The van der Waals surface area contributed by atoms with Crippen LogP contribution in [0.1, 0.15) is 20.8 Å². The van der Waals surface area contributed by atoms with Gasteiger partial charge in [0, 0.05) is 0 Å². The first-order valence-electron chi connectivity index (χ1n) is 6.34. The van der Waals surface area contributed by atoms with Crippen LogP contribution >= 0.6 is 0 Å². The molecule has 0 aliphatic carbocycles. The van der Waals surface area contributed by atoms with Crippen LogP contribution in [-0.2, 0) is 10.0 Å². The van der Waals surface area contributed by atoms with E-state index in [0.29, 0.717) is 0 Å². The number of hydrogen-bond donors (Lipinski definition) is 1. The van der Waals surface area contributed by atoms with Gasteiger partial charge in [-0.2, -0.15) is 0 Å². The topological polar surface area (TPSA) is 60.2 Å². The number of benzene rings is 2. The summed E-state index contributed by atoms with van der Waals surface area (Å²) in [4.78, 5) is 0. The predicted molar refractivity (Wildman–Crippen MR) is 84.7 cm³/mol. The minimum Gasteiger partial charge on any atom is -0.228 e. The Morgan fingerprint density at radius 3 is 1.20 bits per heavy atom. The van der Waals surface area contributed by atoms with E-state index < -0.39 is 14.8 Å². The Hall–Kier alpha value is -1.65. The lowest BCUT2D eigenvalue weighted by Gasteiger charge is -2.13. The maximum atomic E-state index is 10.4. The highest BCUT2D eigenvalue weighted by Gasteiger charge is 2.23. The molecule has 0 amide bonds. The molecule has 0 saturated heterocycles. The van der Waals surface area contributed by atoms with Gasteiger partial charge in [-0.25, -0.2) is 13.6 Å². The van der Waals surface area contributed by atoms with Gasteiger partial charge in [0.05, 0.1) is 4.75 Å². The molecule has 2 N–H and O–H groups in total. The molecule has 2 aromatic rings. The summed E-state index contributed by atoms with van der Waals surface area (Å²) >= 11 is 0. The standard InChI is InChI=1S/C12H10.C4H11NO2S/c1-3-7-11(8-4-1)12-9-5-2-6-10-12;1-4(2,3)8(5,6)7/h1-10H;1-3H3,(H2,5,6,7). The zero-order chi connectivity index (χ0) is 15.2. The van der Waals surface area contributed by atoms with Gasteiger partial charge >= 0.3 is 0 Å². The Morgan fingerprint density at radius 1 is 0.750 bits per heavy atom. The first kappa shape index (κ1) is 16.4. The molecule has 0 atom stereocenters. The van der Waals surface area contributed by atoms with E-state index in [0.717, 1.165) is 0 Å². The molecule has 0 heterocycles. The van der Waals surface area contributed by atoms with E-state index >= 15 is 0 Å². The molecule has 0 aliphatic heterocycles. The molecular weight excluding hydrogens is 270 g/mol. The number of rotatable bonds is 1. The van der Waals surface area contributed by atoms with Gasteiger partial charge in [-0.3, -0.25) is 0 Å². The van der Waals surface area contributed by atoms with Crippen LogP contribution in [0.25, 0.3) is 11.1 Å². The van der Waals surface area contributed by atoms with Gasteiger partial charge in [-0.1, -0.05) is 60.7 Å². The molecule has 2 rings (SSSR count). The van der Waals surface area contributed by atoms with Crippen LogP contribution in [0.5, 0.6) is 0 Å². The highest BCUT2D eigenvalue weighted by Crippen LogP contribution is 2.17. The van der Waals surface area contributed by atoms with Crippen molar-refractivity contribution in [2.24, 2.45) is 5.14 Å². The molecule has 0 saturated carbocycles. The average Bonchev–Trinajstić information content (AvgIpc) is 2.39. The van der Waals surface area contributed by atoms with Gasteiger partial charge in [-0.15, -0.1) is 0 Å². The Bertz CT molecular complexity index is 577. The third kappa shape index (κ3) is 5.15. The zero-order valence-electron chi connectivity index (χ0n) is 12.1. The molecule has 2 aromatic carbocycles. The number of sulfonamides is 1. The molecule has 0 aliphatic rings. The summed E-state index contributed by atoms with van der Waals surface area (Å²) in [7, 11) is -3.34. The lowest BCUT2D eigenvalue weighted by atomic mass is 10.1. The van der Waals surface area contributed by atoms with Crippen LogP contribution in [0.2, 0.25) is 0 Å². The van der Waals surface area contributed by atoms with Crippen molar-refractivity contribution >= 4 is 10.0 Å². The minimum atomic E-state index is -3.34. The summed E-state index contributed by atoms with van der Waals surface area (Å²) in [5, 5.41) is 4.78.